The molecule has 1 aromatic rings. The van der Waals surface area contributed by atoms with Gasteiger partial charge in [0.05, 0.1) is 5.69 Å². The van der Waals surface area contributed by atoms with Crippen molar-refractivity contribution in [3.8, 4) is 5.75 Å². The van der Waals surface area contributed by atoms with Gasteiger partial charge in [-0.2, -0.15) is 0 Å². The zero-order valence-corrected chi connectivity index (χ0v) is 11.1. The van der Waals surface area contributed by atoms with Crippen molar-refractivity contribution in [3.05, 3.63) is 24.3 Å². The largest absolute Gasteiger partial charge is 0.483 e. The molecule has 0 aromatic heterocycles. The van der Waals surface area contributed by atoms with Gasteiger partial charge in [0, 0.05) is 13.1 Å². The van der Waals surface area contributed by atoms with Gasteiger partial charge in [0.1, 0.15) is 12.4 Å². The van der Waals surface area contributed by atoms with Crippen LogP contribution in [0.25, 0.3) is 0 Å². The molecule has 4 N–H and O–H groups in total. The van der Waals surface area contributed by atoms with Gasteiger partial charge in [0.25, 0.3) is 0 Å². The van der Waals surface area contributed by atoms with E-state index >= 15 is 0 Å². The van der Waals surface area contributed by atoms with Crippen LogP contribution in [-0.2, 0) is 0 Å². The molecule has 0 bridgehead atoms. The fourth-order valence-electron chi connectivity index (χ4n) is 1.99. The normalized spacial score (nSPS) is 15.2. The second kappa shape index (κ2) is 6.65. The number of ether oxygens (including phenoxy) is 1. The highest BCUT2D eigenvalue weighted by Gasteiger charge is 2.18. The van der Waals surface area contributed by atoms with E-state index in [1.54, 1.807) is 29.2 Å². The molecule has 1 aliphatic heterocycles. The molecule has 1 aromatic carbocycles. The summed E-state index contributed by atoms with van der Waals surface area (Å²) in [6.45, 7) is 1.51. The number of likely N-dealkylation sites (tertiary alicyclic amines) is 1. The number of carbonyl (C=O) groups is 1. The van der Waals surface area contributed by atoms with Gasteiger partial charge < -0.3 is 25.9 Å². The molecule has 2 amide bonds. The number of hydrogen-bond acceptors (Lipinski definition) is 4. The summed E-state index contributed by atoms with van der Waals surface area (Å²) in [5, 5.41) is 14.1. The van der Waals surface area contributed by atoms with Crippen LogP contribution in [0, 0.1) is 0 Å². The zero-order valence-electron chi connectivity index (χ0n) is 11.1. The van der Waals surface area contributed by atoms with Crippen LogP contribution in [0.15, 0.2) is 29.4 Å². The first-order valence-corrected chi connectivity index (χ1v) is 6.45. The Bertz CT molecular complexity index is 498. The molecular formula is C13H18N4O3. The molecule has 2 rings (SSSR count). The monoisotopic (exact) mass is 278 g/mol. The number of nitrogens with one attached hydrogen (secondary N) is 1. The summed E-state index contributed by atoms with van der Waals surface area (Å²) in [5.74, 6) is 0.442. The first-order chi connectivity index (χ1) is 9.70. The van der Waals surface area contributed by atoms with E-state index < -0.39 is 0 Å². The lowest BCUT2D eigenvalue weighted by atomic mass is 10.3. The summed E-state index contributed by atoms with van der Waals surface area (Å²) >= 11 is 0. The van der Waals surface area contributed by atoms with Crippen LogP contribution in [-0.4, -0.2) is 41.7 Å². The first kappa shape index (κ1) is 14.0. The lowest BCUT2D eigenvalue weighted by molar-refractivity contribution is 0.222. The summed E-state index contributed by atoms with van der Waals surface area (Å²) in [7, 11) is 0. The van der Waals surface area contributed by atoms with Crippen molar-refractivity contribution in [3.63, 3.8) is 0 Å². The van der Waals surface area contributed by atoms with E-state index in [0.29, 0.717) is 11.4 Å². The average Bonchev–Trinajstić information content (AvgIpc) is 3.00. The Balaban J connectivity index is 2.01. The molecule has 1 aliphatic rings. The summed E-state index contributed by atoms with van der Waals surface area (Å²) in [6, 6.07) is 6.91. The lowest BCUT2D eigenvalue weighted by Gasteiger charge is -2.18. The summed E-state index contributed by atoms with van der Waals surface area (Å²) in [6.07, 6.45) is 2.07. The number of para-hydroxylation sites is 2. The molecule has 108 valence electrons. The number of oxime groups is 1. The molecule has 7 heteroatoms. The number of amides is 2. The van der Waals surface area contributed by atoms with E-state index in [-0.39, 0.29) is 18.5 Å². The molecule has 0 spiro atoms. The SMILES string of the molecule is NC(COc1ccccc1NC(=O)N1CCCC1)=NO. The summed E-state index contributed by atoms with van der Waals surface area (Å²) in [4.78, 5) is 13.8. The Hall–Kier alpha value is -2.44. The second-order valence-corrected chi connectivity index (χ2v) is 4.50. The van der Waals surface area contributed by atoms with Gasteiger partial charge in [0.15, 0.2) is 5.84 Å². The van der Waals surface area contributed by atoms with Crippen LogP contribution in [0.2, 0.25) is 0 Å². The summed E-state index contributed by atoms with van der Waals surface area (Å²) in [5.41, 5.74) is 5.92. The number of carbonyl (C=O) groups excluding carboxylic acids is 1. The zero-order chi connectivity index (χ0) is 14.4. The van der Waals surface area contributed by atoms with Crippen molar-refractivity contribution in [2.24, 2.45) is 10.9 Å². The topological polar surface area (TPSA) is 100 Å². The number of benzene rings is 1. The first-order valence-electron chi connectivity index (χ1n) is 6.45. The van der Waals surface area contributed by atoms with E-state index in [1.165, 1.54) is 0 Å². The molecule has 1 heterocycles. The van der Waals surface area contributed by atoms with Gasteiger partial charge in [-0.1, -0.05) is 17.3 Å². The van der Waals surface area contributed by atoms with Gasteiger partial charge in [-0.05, 0) is 25.0 Å². The van der Waals surface area contributed by atoms with Crippen LogP contribution in [0.3, 0.4) is 0 Å². The Kier molecular flexibility index (Phi) is 4.65. The Morgan fingerprint density at radius 1 is 1.40 bits per heavy atom. The lowest BCUT2D eigenvalue weighted by Crippen LogP contribution is -2.32. The highest BCUT2D eigenvalue weighted by atomic mass is 16.5. The van der Waals surface area contributed by atoms with Crippen LogP contribution in [0.1, 0.15) is 12.8 Å². The molecule has 7 nitrogen and oxygen atoms in total. The fraction of sp³-hybridized carbons (Fsp3) is 0.385. The fourth-order valence-corrected chi connectivity index (χ4v) is 1.99. The maximum absolute atomic E-state index is 12.0. The quantitative estimate of drug-likeness (QED) is 0.336. The highest BCUT2D eigenvalue weighted by molar-refractivity contribution is 5.91. The number of rotatable bonds is 4. The standard InChI is InChI=1S/C13H18N4O3/c14-12(16-19)9-20-11-6-2-1-5-10(11)15-13(18)17-7-3-4-8-17/h1-2,5-6,19H,3-4,7-9H2,(H2,14,16)(H,15,18). The van der Waals surface area contributed by atoms with Crippen molar-refractivity contribution in [1.29, 1.82) is 0 Å². The van der Waals surface area contributed by atoms with E-state index in [4.69, 9.17) is 15.7 Å². The number of amidine groups is 1. The molecule has 0 unspecified atom stereocenters. The molecule has 20 heavy (non-hydrogen) atoms. The van der Waals surface area contributed by atoms with Gasteiger partial charge >= 0.3 is 6.03 Å². The maximum Gasteiger partial charge on any atom is 0.321 e. The average molecular weight is 278 g/mol. The smallest absolute Gasteiger partial charge is 0.321 e. The predicted molar refractivity (Wildman–Crippen MR) is 75.2 cm³/mol. The van der Waals surface area contributed by atoms with Crippen LogP contribution >= 0.6 is 0 Å². The minimum atomic E-state index is -0.137. The third-order valence-corrected chi connectivity index (χ3v) is 3.03. The predicted octanol–water partition coefficient (Wildman–Crippen LogP) is 1.44. The van der Waals surface area contributed by atoms with E-state index in [1.807, 2.05) is 0 Å². The van der Waals surface area contributed by atoms with Crippen LogP contribution in [0.5, 0.6) is 5.75 Å². The molecule has 0 radical (unpaired) electrons. The van der Waals surface area contributed by atoms with Crippen molar-refractivity contribution >= 4 is 17.6 Å². The number of nitrogens with two attached hydrogens (primary N) is 1. The number of anilines is 1. The third-order valence-electron chi connectivity index (χ3n) is 3.03. The Morgan fingerprint density at radius 3 is 2.80 bits per heavy atom. The Morgan fingerprint density at radius 2 is 2.10 bits per heavy atom. The number of hydrogen-bond donors (Lipinski definition) is 3. The van der Waals surface area contributed by atoms with Gasteiger partial charge in [-0.25, -0.2) is 4.79 Å². The van der Waals surface area contributed by atoms with Crippen molar-refractivity contribution in [2.75, 3.05) is 25.0 Å². The van der Waals surface area contributed by atoms with Gasteiger partial charge in [-0.15, -0.1) is 0 Å². The number of nitrogens with zero attached hydrogens (tertiary/aromatic N) is 2. The van der Waals surface area contributed by atoms with Crippen LogP contribution in [0.4, 0.5) is 10.5 Å². The Labute approximate surface area is 117 Å². The maximum atomic E-state index is 12.0. The highest BCUT2D eigenvalue weighted by Crippen LogP contribution is 2.24. The second-order valence-electron chi connectivity index (χ2n) is 4.50. The van der Waals surface area contributed by atoms with Gasteiger partial charge in [0.2, 0.25) is 0 Å². The van der Waals surface area contributed by atoms with Crippen molar-refractivity contribution in [1.82, 2.24) is 4.90 Å². The van der Waals surface area contributed by atoms with Crippen molar-refractivity contribution < 1.29 is 14.7 Å². The molecule has 0 saturated carbocycles. The minimum Gasteiger partial charge on any atom is -0.483 e. The molecule has 1 saturated heterocycles. The van der Waals surface area contributed by atoms with Crippen LogP contribution < -0.4 is 15.8 Å². The van der Waals surface area contributed by atoms with Gasteiger partial charge in [-0.3, -0.25) is 0 Å². The molecule has 1 fully saturated rings. The summed E-state index contributed by atoms with van der Waals surface area (Å²) < 4.78 is 5.40. The molecule has 0 aliphatic carbocycles. The molecular weight excluding hydrogens is 260 g/mol. The minimum absolute atomic E-state index is 0.0364. The van der Waals surface area contributed by atoms with E-state index in [2.05, 4.69) is 10.5 Å². The number of urea groups is 1. The van der Waals surface area contributed by atoms with Crippen molar-refractivity contribution in [2.45, 2.75) is 12.8 Å². The van der Waals surface area contributed by atoms with E-state index in [0.717, 1.165) is 25.9 Å². The van der Waals surface area contributed by atoms with E-state index in [9.17, 15) is 4.79 Å². The third kappa shape index (κ3) is 3.53. The molecule has 0 atom stereocenters.